The summed E-state index contributed by atoms with van der Waals surface area (Å²) in [7, 11) is 0. The number of aliphatic hydroxyl groups is 2. The van der Waals surface area contributed by atoms with Gasteiger partial charge in [-0.25, -0.2) is 0 Å². The van der Waals surface area contributed by atoms with Crippen molar-refractivity contribution in [1.82, 2.24) is 0 Å². The Kier molecular flexibility index (Phi) is 6.03. The molecule has 3 aliphatic carbocycles. The topological polar surface area (TPSA) is 40.5 Å². The van der Waals surface area contributed by atoms with E-state index >= 15 is 0 Å². The molecular formula is C34H34O2. The molecule has 0 heterocycles. The summed E-state index contributed by atoms with van der Waals surface area (Å²) in [4.78, 5) is 0. The van der Waals surface area contributed by atoms with E-state index in [1.807, 2.05) is 72.8 Å². The first kappa shape index (κ1) is 23.2. The minimum atomic E-state index is -1.21. The zero-order valence-electron chi connectivity index (χ0n) is 20.6. The fourth-order valence-electron chi connectivity index (χ4n) is 7.52. The summed E-state index contributed by atoms with van der Waals surface area (Å²) in [6.45, 7) is 0. The van der Waals surface area contributed by atoms with Gasteiger partial charge in [0.2, 0.25) is 0 Å². The molecule has 3 aliphatic rings. The third-order valence-electron chi connectivity index (χ3n) is 9.04. The number of hydrogen-bond acceptors (Lipinski definition) is 2. The predicted octanol–water partition coefficient (Wildman–Crippen LogP) is 6.91. The van der Waals surface area contributed by atoms with Gasteiger partial charge in [-0.1, -0.05) is 121 Å². The predicted molar refractivity (Wildman–Crippen MR) is 144 cm³/mol. The van der Waals surface area contributed by atoms with Crippen LogP contribution in [0.3, 0.4) is 0 Å². The molecule has 4 aromatic rings. The molecule has 182 valence electrons. The zero-order chi connectivity index (χ0) is 24.6. The SMILES string of the molecule is OC(c1ccccc1)(c1ccccc1)[C@@H]1C2CCC(CC2)[C@H]1C(O)(c1ccccc1)c1ccccc1. The van der Waals surface area contributed by atoms with Crippen molar-refractivity contribution in [2.75, 3.05) is 0 Å². The van der Waals surface area contributed by atoms with Gasteiger partial charge in [-0.2, -0.15) is 0 Å². The average Bonchev–Trinajstić information content (AvgIpc) is 2.98. The Bertz CT molecular complexity index is 1080. The maximum Gasteiger partial charge on any atom is 0.118 e. The molecule has 36 heavy (non-hydrogen) atoms. The molecule has 2 N–H and O–H groups in total. The van der Waals surface area contributed by atoms with Crippen LogP contribution >= 0.6 is 0 Å². The fraction of sp³-hybridized carbons (Fsp3) is 0.294. The van der Waals surface area contributed by atoms with E-state index in [-0.39, 0.29) is 11.8 Å². The smallest absolute Gasteiger partial charge is 0.118 e. The normalized spacial score (nSPS) is 23.9. The lowest BCUT2D eigenvalue weighted by atomic mass is 9.47. The molecule has 2 atom stereocenters. The highest BCUT2D eigenvalue weighted by Crippen LogP contribution is 2.62. The second-order valence-corrected chi connectivity index (χ2v) is 10.7. The van der Waals surface area contributed by atoms with Crippen molar-refractivity contribution in [3.63, 3.8) is 0 Å². The highest BCUT2D eigenvalue weighted by atomic mass is 16.3. The Balaban J connectivity index is 1.62. The van der Waals surface area contributed by atoms with Gasteiger partial charge in [-0.15, -0.1) is 0 Å². The van der Waals surface area contributed by atoms with E-state index in [1.54, 1.807) is 0 Å². The Morgan fingerprint density at radius 2 is 0.611 bits per heavy atom. The van der Waals surface area contributed by atoms with E-state index < -0.39 is 11.2 Å². The van der Waals surface area contributed by atoms with Gasteiger partial charge in [0.05, 0.1) is 0 Å². The Labute approximate surface area is 214 Å². The van der Waals surface area contributed by atoms with E-state index in [0.29, 0.717) is 11.8 Å². The summed E-state index contributed by atoms with van der Waals surface area (Å²) < 4.78 is 0. The highest BCUT2D eigenvalue weighted by Gasteiger charge is 2.60. The molecule has 2 heteroatoms. The van der Waals surface area contributed by atoms with Crippen LogP contribution in [0, 0.1) is 23.7 Å². The van der Waals surface area contributed by atoms with Crippen LogP contribution in [0.25, 0.3) is 0 Å². The molecule has 0 saturated heterocycles. The van der Waals surface area contributed by atoms with Gasteiger partial charge in [0, 0.05) is 11.8 Å². The van der Waals surface area contributed by atoms with Crippen molar-refractivity contribution in [2.45, 2.75) is 36.9 Å². The van der Waals surface area contributed by atoms with Gasteiger partial charge in [0.1, 0.15) is 11.2 Å². The molecule has 2 nitrogen and oxygen atoms in total. The second-order valence-electron chi connectivity index (χ2n) is 10.7. The van der Waals surface area contributed by atoms with Crippen LogP contribution in [0.2, 0.25) is 0 Å². The summed E-state index contributed by atoms with van der Waals surface area (Å²) in [6, 6.07) is 40.5. The van der Waals surface area contributed by atoms with Crippen molar-refractivity contribution in [3.05, 3.63) is 144 Å². The molecule has 0 spiro atoms. The van der Waals surface area contributed by atoms with Crippen LogP contribution in [0.5, 0.6) is 0 Å². The zero-order valence-corrected chi connectivity index (χ0v) is 20.6. The molecule has 3 saturated carbocycles. The van der Waals surface area contributed by atoms with Crippen molar-refractivity contribution in [3.8, 4) is 0 Å². The van der Waals surface area contributed by atoms with Crippen LogP contribution in [0.15, 0.2) is 121 Å². The van der Waals surface area contributed by atoms with Crippen molar-refractivity contribution >= 4 is 0 Å². The Morgan fingerprint density at radius 1 is 0.389 bits per heavy atom. The van der Waals surface area contributed by atoms with Gasteiger partial charge in [-0.3, -0.25) is 0 Å². The molecule has 0 unspecified atom stereocenters. The molecule has 2 bridgehead atoms. The first-order chi connectivity index (χ1) is 17.6. The van der Waals surface area contributed by atoms with Crippen LogP contribution < -0.4 is 0 Å². The number of fused-ring (bicyclic) bond motifs is 3. The molecule has 0 aliphatic heterocycles. The lowest BCUT2D eigenvalue weighted by molar-refractivity contribution is -0.167. The molecule has 0 radical (unpaired) electrons. The Hall–Kier alpha value is -3.20. The van der Waals surface area contributed by atoms with Gasteiger partial charge >= 0.3 is 0 Å². The number of hydrogen-bond donors (Lipinski definition) is 2. The standard InChI is InChI=1S/C34H34O2/c35-33(27-13-5-1-6-14-27,28-15-7-2-8-16-28)31-25-21-23-26(24-22-25)32(31)34(36,29-17-9-3-10-18-29)30-19-11-4-12-20-30/h1-20,25-26,31-32,35-36H,21-24H2/t25?,26?,31-,32-/m1/s1. The lowest BCUT2D eigenvalue weighted by Gasteiger charge is -2.59. The minimum Gasteiger partial charge on any atom is -0.380 e. The first-order valence-electron chi connectivity index (χ1n) is 13.3. The lowest BCUT2D eigenvalue weighted by Crippen LogP contribution is -2.58. The molecule has 0 aromatic heterocycles. The van der Waals surface area contributed by atoms with Crippen LogP contribution in [0.1, 0.15) is 47.9 Å². The maximum atomic E-state index is 13.0. The quantitative estimate of drug-likeness (QED) is 0.319. The fourth-order valence-corrected chi connectivity index (χ4v) is 7.52. The van der Waals surface area contributed by atoms with Crippen LogP contribution in [0.4, 0.5) is 0 Å². The highest BCUT2D eigenvalue weighted by molar-refractivity contribution is 5.42. The molecule has 0 amide bonds. The third-order valence-corrected chi connectivity index (χ3v) is 9.04. The number of rotatable bonds is 6. The summed E-state index contributed by atoms with van der Waals surface area (Å²) in [5, 5.41) is 26.0. The molecule has 7 rings (SSSR count). The monoisotopic (exact) mass is 474 g/mol. The largest absolute Gasteiger partial charge is 0.380 e. The minimum absolute atomic E-state index is 0.139. The molecular weight excluding hydrogens is 440 g/mol. The van der Waals surface area contributed by atoms with Crippen molar-refractivity contribution in [2.24, 2.45) is 23.7 Å². The van der Waals surface area contributed by atoms with E-state index in [1.165, 1.54) is 0 Å². The average molecular weight is 475 g/mol. The van der Waals surface area contributed by atoms with E-state index in [0.717, 1.165) is 47.9 Å². The molecule has 4 aromatic carbocycles. The van der Waals surface area contributed by atoms with Crippen molar-refractivity contribution < 1.29 is 10.2 Å². The van der Waals surface area contributed by atoms with E-state index in [4.69, 9.17) is 0 Å². The Morgan fingerprint density at radius 3 is 0.833 bits per heavy atom. The third kappa shape index (κ3) is 3.63. The maximum absolute atomic E-state index is 13.0. The van der Waals surface area contributed by atoms with Gasteiger partial charge in [-0.05, 0) is 59.8 Å². The van der Waals surface area contributed by atoms with E-state index in [2.05, 4.69) is 48.5 Å². The van der Waals surface area contributed by atoms with Gasteiger partial charge in [0.15, 0.2) is 0 Å². The molecule has 3 fully saturated rings. The summed E-state index contributed by atoms with van der Waals surface area (Å²) in [5.74, 6) is 0.370. The summed E-state index contributed by atoms with van der Waals surface area (Å²) in [6.07, 6.45) is 4.36. The van der Waals surface area contributed by atoms with Gasteiger partial charge in [0.25, 0.3) is 0 Å². The first-order valence-corrected chi connectivity index (χ1v) is 13.3. The van der Waals surface area contributed by atoms with Crippen molar-refractivity contribution in [1.29, 1.82) is 0 Å². The van der Waals surface area contributed by atoms with Crippen LogP contribution in [-0.4, -0.2) is 10.2 Å². The number of benzene rings is 4. The summed E-state index contributed by atoms with van der Waals surface area (Å²) >= 11 is 0. The summed E-state index contributed by atoms with van der Waals surface area (Å²) in [5.41, 5.74) is 1.19. The van der Waals surface area contributed by atoms with E-state index in [9.17, 15) is 10.2 Å². The van der Waals surface area contributed by atoms with Gasteiger partial charge < -0.3 is 10.2 Å². The van der Waals surface area contributed by atoms with Crippen LogP contribution in [-0.2, 0) is 11.2 Å². The second kappa shape index (κ2) is 9.35.